The fourth-order valence-corrected chi connectivity index (χ4v) is 6.52. The van der Waals surface area contributed by atoms with Crippen LogP contribution in [-0.4, -0.2) is 51.1 Å². The minimum absolute atomic E-state index is 0.0735. The third-order valence-corrected chi connectivity index (χ3v) is 7.63. The van der Waals surface area contributed by atoms with Crippen LogP contribution in [0.25, 0.3) is 0 Å². The summed E-state index contributed by atoms with van der Waals surface area (Å²) in [5.74, 6) is -4.63. The number of nitrogens with zero attached hydrogens (tertiary/aromatic N) is 2. The first kappa shape index (κ1) is 22.1. The Kier molecular flexibility index (Phi) is 4.83. The van der Waals surface area contributed by atoms with Crippen LogP contribution in [0.4, 0.5) is 11.4 Å². The Morgan fingerprint density at radius 3 is 1.44 bits per heavy atom. The molecule has 0 unspecified atom stereocenters. The summed E-state index contributed by atoms with van der Waals surface area (Å²) in [6.45, 7) is 3.48. The number of anilines is 2. The molecule has 8 heteroatoms. The standard InChI is InChI=1S/C26H26N2O6/c1-5-33-21(29)19-20(22(30)34-6-2)26(16-12-8-10-14-18(16)28(4)24(26)32)25(19)15-11-7-9-13-17(15)27(3)23(25)31/h7-14,19-20H,5-6H2,1-4H3/t19-,20-,25+,26+/m0/s1. The second kappa shape index (κ2) is 7.41. The Morgan fingerprint density at radius 2 is 1.09 bits per heavy atom. The normalized spacial score (nSPS) is 28.7. The molecule has 3 aliphatic rings. The molecule has 0 saturated heterocycles. The van der Waals surface area contributed by atoms with Crippen molar-refractivity contribution >= 4 is 35.1 Å². The van der Waals surface area contributed by atoms with Gasteiger partial charge in [-0.05, 0) is 37.1 Å². The Morgan fingerprint density at radius 1 is 0.735 bits per heavy atom. The molecule has 1 saturated carbocycles. The van der Waals surface area contributed by atoms with Gasteiger partial charge in [0, 0.05) is 25.5 Å². The Bertz CT molecular complexity index is 1150. The van der Waals surface area contributed by atoms with Crippen molar-refractivity contribution in [1.29, 1.82) is 0 Å². The van der Waals surface area contributed by atoms with Crippen LogP contribution in [0.15, 0.2) is 48.5 Å². The number of hydrogen-bond donors (Lipinski definition) is 0. The molecule has 2 aromatic carbocycles. The number of carbonyl (C=O) groups is 4. The molecule has 34 heavy (non-hydrogen) atoms. The Labute approximate surface area is 197 Å². The molecule has 0 radical (unpaired) electrons. The molecule has 4 atom stereocenters. The van der Waals surface area contributed by atoms with E-state index in [-0.39, 0.29) is 13.2 Å². The van der Waals surface area contributed by atoms with Crippen LogP contribution in [0, 0.1) is 11.8 Å². The van der Waals surface area contributed by atoms with E-state index in [1.54, 1.807) is 76.5 Å². The van der Waals surface area contributed by atoms with E-state index in [1.807, 2.05) is 0 Å². The minimum Gasteiger partial charge on any atom is -0.466 e. The van der Waals surface area contributed by atoms with Gasteiger partial charge in [-0.3, -0.25) is 19.2 Å². The molecular formula is C26H26N2O6. The first-order chi connectivity index (χ1) is 16.3. The number of para-hydroxylation sites is 2. The molecule has 1 aliphatic carbocycles. The maximum Gasteiger partial charge on any atom is 0.311 e. The first-order valence-corrected chi connectivity index (χ1v) is 11.4. The van der Waals surface area contributed by atoms with E-state index >= 15 is 0 Å². The summed E-state index contributed by atoms with van der Waals surface area (Å²) < 4.78 is 10.8. The van der Waals surface area contributed by atoms with Gasteiger partial charge < -0.3 is 19.3 Å². The third kappa shape index (κ3) is 2.23. The van der Waals surface area contributed by atoms with E-state index in [1.165, 1.54) is 9.80 Å². The highest BCUT2D eigenvalue weighted by atomic mass is 16.5. The fraction of sp³-hybridized carbons (Fsp3) is 0.385. The quantitative estimate of drug-likeness (QED) is 0.647. The largest absolute Gasteiger partial charge is 0.466 e. The van der Waals surface area contributed by atoms with Gasteiger partial charge in [0.25, 0.3) is 0 Å². The first-order valence-electron chi connectivity index (χ1n) is 11.4. The van der Waals surface area contributed by atoms with E-state index < -0.39 is 46.4 Å². The summed E-state index contributed by atoms with van der Waals surface area (Å²) in [4.78, 5) is 58.4. The second-order valence-corrected chi connectivity index (χ2v) is 8.84. The molecule has 2 aromatic rings. The SMILES string of the molecule is CCOC(=O)[C@@H]1[C@@H](C(=O)OCC)[C@]2(C(=O)N(C)c3ccccc32)[C@@]12C(=O)N(C)c1ccccc12. The molecule has 2 spiro atoms. The molecule has 2 aliphatic heterocycles. The van der Waals surface area contributed by atoms with Crippen molar-refractivity contribution in [3.8, 4) is 0 Å². The second-order valence-electron chi connectivity index (χ2n) is 8.84. The van der Waals surface area contributed by atoms with Gasteiger partial charge in [-0.15, -0.1) is 0 Å². The maximum absolute atomic E-state index is 14.2. The van der Waals surface area contributed by atoms with Crippen molar-refractivity contribution in [3.05, 3.63) is 59.7 Å². The summed E-state index contributed by atoms with van der Waals surface area (Å²) in [5.41, 5.74) is -0.995. The van der Waals surface area contributed by atoms with Crippen LogP contribution in [0.1, 0.15) is 25.0 Å². The lowest BCUT2D eigenvalue weighted by atomic mass is 9.34. The van der Waals surface area contributed by atoms with E-state index in [0.717, 1.165) is 0 Å². The van der Waals surface area contributed by atoms with Crippen molar-refractivity contribution in [2.45, 2.75) is 24.7 Å². The molecule has 176 valence electrons. The van der Waals surface area contributed by atoms with Crippen LogP contribution in [0.3, 0.4) is 0 Å². The smallest absolute Gasteiger partial charge is 0.311 e. The van der Waals surface area contributed by atoms with Crippen LogP contribution < -0.4 is 9.80 Å². The zero-order chi connectivity index (χ0) is 24.4. The van der Waals surface area contributed by atoms with Gasteiger partial charge in [-0.2, -0.15) is 0 Å². The van der Waals surface area contributed by atoms with Crippen LogP contribution in [0.5, 0.6) is 0 Å². The van der Waals surface area contributed by atoms with Crippen molar-refractivity contribution in [2.75, 3.05) is 37.1 Å². The summed E-state index contributed by atoms with van der Waals surface area (Å²) in [5, 5.41) is 0. The number of esters is 2. The number of rotatable bonds is 4. The van der Waals surface area contributed by atoms with Gasteiger partial charge >= 0.3 is 11.9 Å². The van der Waals surface area contributed by atoms with Gasteiger partial charge in [0.2, 0.25) is 11.8 Å². The van der Waals surface area contributed by atoms with Crippen molar-refractivity contribution in [2.24, 2.45) is 11.8 Å². The average molecular weight is 463 g/mol. The predicted molar refractivity (Wildman–Crippen MR) is 123 cm³/mol. The number of benzene rings is 2. The van der Waals surface area contributed by atoms with Gasteiger partial charge in [-0.1, -0.05) is 36.4 Å². The van der Waals surface area contributed by atoms with Crippen LogP contribution in [0.2, 0.25) is 0 Å². The summed E-state index contributed by atoms with van der Waals surface area (Å²) in [6, 6.07) is 14.2. The monoisotopic (exact) mass is 462 g/mol. The average Bonchev–Trinajstić information content (AvgIpc) is 3.20. The van der Waals surface area contributed by atoms with E-state index in [0.29, 0.717) is 22.5 Å². The zero-order valence-electron chi connectivity index (χ0n) is 19.5. The molecule has 8 nitrogen and oxygen atoms in total. The summed E-state index contributed by atoms with van der Waals surface area (Å²) >= 11 is 0. The number of fused-ring (bicyclic) bond motifs is 5. The summed E-state index contributed by atoms with van der Waals surface area (Å²) in [6.07, 6.45) is 0. The topological polar surface area (TPSA) is 93.2 Å². The van der Waals surface area contributed by atoms with Crippen molar-refractivity contribution < 1.29 is 28.7 Å². The highest BCUT2D eigenvalue weighted by Crippen LogP contribution is 2.73. The van der Waals surface area contributed by atoms with E-state index in [4.69, 9.17) is 9.47 Å². The lowest BCUT2D eigenvalue weighted by molar-refractivity contribution is -0.194. The molecule has 0 aromatic heterocycles. The van der Waals surface area contributed by atoms with Crippen LogP contribution >= 0.6 is 0 Å². The third-order valence-electron chi connectivity index (χ3n) is 7.63. The highest BCUT2D eigenvalue weighted by Gasteiger charge is 2.88. The van der Waals surface area contributed by atoms with Crippen molar-refractivity contribution in [3.63, 3.8) is 0 Å². The van der Waals surface area contributed by atoms with Gasteiger partial charge in [0.1, 0.15) is 10.8 Å². The lowest BCUT2D eigenvalue weighted by Crippen LogP contribution is -2.80. The molecule has 2 amide bonds. The molecule has 0 bridgehead atoms. The van der Waals surface area contributed by atoms with E-state index in [2.05, 4.69) is 0 Å². The van der Waals surface area contributed by atoms with Crippen LogP contribution in [-0.2, 0) is 39.5 Å². The number of hydrogen-bond acceptors (Lipinski definition) is 6. The number of ether oxygens (including phenoxy) is 2. The fourth-order valence-electron chi connectivity index (χ4n) is 6.52. The molecule has 1 fully saturated rings. The Hall–Kier alpha value is -3.68. The molecular weight excluding hydrogens is 436 g/mol. The predicted octanol–water partition coefficient (Wildman–Crippen LogP) is 2.19. The van der Waals surface area contributed by atoms with Gasteiger partial charge in [-0.25, -0.2) is 0 Å². The minimum atomic E-state index is -1.64. The zero-order valence-corrected chi connectivity index (χ0v) is 19.5. The van der Waals surface area contributed by atoms with Crippen molar-refractivity contribution in [1.82, 2.24) is 0 Å². The molecule has 2 heterocycles. The number of likely N-dealkylation sites (N-methyl/N-ethyl adjacent to an activating group) is 2. The van der Waals surface area contributed by atoms with Gasteiger partial charge in [0.15, 0.2) is 0 Å². The molecule has 5 rings (SSSR count). The van der Waals surface area contributed by atoms with E-state index in [9.17, 15) is 19.2 Å². The molecule has 0 N–H and O–H groups in total. The number of amides is 2. The maximum atomic E-state index is 14.2. The highest BCUT2D eigenvalue weighted by molar-refractivity contribution is 6.24. The Balaban J connectivity index is 1.91. The lowest BCUT2D eigenvalue weighted by Gasteiger charge is -2.61. The summed E-state index contributed by atoms with van der Waals surface area (Å²) in [7, 11) is 3.25. The number of carbonyl (C=O) groups excluding carboxylic acids is 4. The van der Waals surface area contributed by atoms with Gasteiger partial charge in [0.05, 0.1) is 25.0 Å².